The third-order valence-corrected chi connectivity index (χ3v) is 4.11. The number of rotatable bonds is 4. The lowest BCUT2D eigenvalue weighted by Crippen LogP contribution is -2.39. The van der Waals surface area contributed by atoms with E-state index in [2.05, 4.69) is 23.5 Å². The monoisotopic (exact) mass is 295 g/mol. The van der Waals surface area contributed by atoms with E-state index < -0.39 is 6.10 Å². The molecule has 3 rings (SSSR count). The highest BCUT2D eigenvalue weighted by Gasteiger charge is 2.24. The van der Waals surface area contributed by atoms with Crippen LogP contribution in [0.2, 0.25) is 0 Å². The van der Waals surface area contributed by atoms with Crippen molar-refractivity contribution in [3.63, 3.8) is 0 Å². The Kier molecular flexibility index (Phi) is 4.42. The molecule has 0 spiro atoms. The Morgan fingerprint density at radius 3 is 2.68 bits per heavy atom. The first-order valence-corrected chi connectivity index (χ1v) is 7.84. The van der Waals surface area contributed by atoms with Crippen LogP contribution in [0.1, 0.15) is 36.9 Å². The largest absolute Gasteiger partial charge is 0.481 e. The van der Waals surface area contributed by atoms with Gasteiger partial charge in [0.05, 0.1) is 6.04 Å². The smallest absolute Gasteiger partial charge is 0.261 e. The normalized spacial score (nSPS) is 18.1. The molecule has 114 valence electrons. The van der Waals surface area contributed by atoms with Crippen LogP contribution in [0.25, 0.3) is 0 Å². The van der Waals surface area contributed by atoms with Crippen LogP contribution in [0.3, 0.4) is 0 Å². The summed E-state index contributed by atoms with van der Waals surface area (Å²) in [7, 11) is 0. The minimum absolute atomic E-state index is 0.0643. The molecule has 2 aromatic rings. The number of carbonyl (C=O) groups excluding carboxylic acids is 1. The molecule has 0 fully saturated rings. The summed E-state index contributed by atoms with van der Waals surface area (Å²) >= 11 is 0. The Labute approximate surface area is 131 Å². The predicted octanol–water partition coefficient (Wildman–Crippen LogP) is 3.65. The SMILES string of the molecule is C[C@H](Oc1ccccc1)C(=O)N[C@H]1CCCc2ccccc21. The molecule has 3 nitrogen and oxygen atoms in total. The maximum Gasteiger partial charge on any atom is 0.261 e. The van der Waals surface area contributed by atoms with Crippen LogP contribution in [0, 0.1) is 0 Å². The van der Waals surface area contributed by atoms with Crippen LogP contribution in [0.4, 0.5) is 0 Å². The van der Waals surface area contributed by atoms with Crippen LogP contribution >= 0.6 is 0 Å². The van der Waals surface area contributed by atoms with E-state index in [0.717, 1.165) is 19.3 Å². The second-order valence-electron chi connectivity index (χ2n) is 5.73. The number of aryl methyl sites for hydroxylation is 1. The lowest BCUT2D eigenvalue weighted by molar-refractivity contribution is -0.128. The summed E-state index contributed by atoms with van der Waals surface area (Å²) in [6.07, 6.45) is 2.69. The maximum absolute atomic E-state index is 12.4. The quantitative estimate of drug-likeness (QED) is 0.935. The molecule has 22 heavy (non-hydrogen) atoms. The molecule has 0 saturated carbocycles. The predicted molar refractivity (Wildman–Crippen MR) is 86.8 cm³/mol. The van der Waals surface area contributed by atoms with Crippen LogP contribution in [0.15, 0.2) is 54.6 Å². The van der Waals surface area contributed by atoms with Gasteiger partial charge in [0, 0.05) is 0 Å². The van der Waals surface area contributed by atoms with E-state index >= 15 is 0 Å². The zero-order valence-electron chi connectivity index (χ0n) is 12.8. The summed E-state index contributed by atoms with van der Waals surface area (Å²) < 4.78 is 5.69. The van der Waals surface area contributed by atoms with Crippen molar-refractivity contribution in [3.05, 3.63) is 65.7 Å². The van der Waals surface area contributed by atoms with E-state index in [0.29, 0.717) is 5.75 Å². The number of hydrogen-bond donors (Lipinski definition) is 1. The van der Waals surface area contributed by atoms with Gasteiger partial charge in [0.15, 0.2) is 6.10 Å². The van der Waals surface area contributed by atoms with E-state index in [1.165, 1.54) is 11.1 Å². The molecular formula is C19H21NO2. The van der Waals surface area contributed by atoms with Gasteiger partial charge in [0.1, 0.15) is 5.75 Å². The molecule has 0 heterocycles. The Balaban J connectivity index is 1.65. The van der Waals surface area contributed by atoms with E-state index in [-0.39, 0.29) is 11.9 Å². The van der Waals surface area contributed by atoms with Crippen LogP contribution in [-0.4, -0.2) is 12.0 Å². The lowest BCUT2D eigenvalue weighted by Gasteiger charge is -2.27. The highest BCUT2D eigenvalue weighted by Crippen LogP contribution is 2.29. The summed E-state index contributed by atoms with van der Waals surface area (Å²) in [4.78, 5) is 12.4. The van der Waals surface area contributed by atoms with Crippen molar-refractivity contribution in [3.8, 4) is 5.75 Å². The Bertz CT molecular complexity index is 639. The molecule has 0 saturated heterocycles. The third kappa shape index (κ3) is 3.30. The third-order valence-electron chi connectivity index (χ3n) is 4.11. The fourth-order valence-electron chi connectivity index (χ4n) is 2.95. The van der Waals surface area contributed by atoms with Crippen LogP contribution < -0.4 is 10.1 Å². The standard InChI is InChI=1S/C19H21NO2/c1-14(22-16-10-3-2-4-11-16)19(21)20-18-13-7-9-15-8-5-6-12-17(15)18/h2-6,8,10-12,14,18H,7,9,13H2,1H3,(H,20,21)/t14-,18-/m0/s1. The fraction of sp³-hybridized carbons (Fsp3) is 0.316. The van der Waals surface area contributed by atoms with Gasteiger partial charge in [-0.2, -0.15) is 0 Å². The molecular weight excluding hydrogens is 274 g/mol. The molecule has 0 unspecified atom stereocenters. The number of benzene rings is 2. The van der Waals surface area contributed by atoms with Gasteiger partial charge in [0.2, 0.25) is 0 Å². The van der Waals surface area contributed by atoms with Crippen molar-refractivity contribution in [1.29, 1.82) is 0 Å². The number of hydrogen-bond acceptors (Lipinski definition) is 2. The molecule has 2 aromatic carbocycles. The highest BCUT2D eigenvalue weighted by atomic mass is 16.5. The number of nitrogens with one attached hydrogen (secondary N) is 1. The van der Waals surface area contributed by atoms with E-state index in [1.54, 1.807) is 6.92 Å². The molecule has 3 heteroatoms. The second-order valence-corrected chi connectivity index (χ2v) is 5.73. The summed E-state index contributed by atoms with van der Waals surface area (Å²) in [6, 6.07) is 17.9. The van der Waals surface area contributed by atoms with E-state index in [4.69, 9.17) is 4.74 Å². The summed E-state index contributed by atoms with van der Waals surface area (Å²) in [5.74, 6) is 0.653. The van der Waals surface area contributed by atoms with Crippen LogP contribution in [-0.2, 0) is 11.2 Å². The van der Waals surface area contributed by atoms with Gasteiger partial charge in [-0.05, 0) is 49.4 Å². The first-order valence-electron chi connectivity index (χ1n) is 7.84. The zero-order valence-corrected chi connectivity index (χ0v) is 12.8. The molecule has 1 aliphatic carbocycles. The van der Waals surface area contributed by atoms with Crippen molar-refractivity contribution < 1.29 is 9.53 Å². The average molecular weight is 295 g/mol. The Hall–Kier alpha value is -2.29. The molecule has 1 N–H and O–H groups in total. The topological polar surface area (TPSA) is 38.3 Å². The number of carbonyl (C=O) groups is 1. The maximum atomic E-state index is 12.4. The molecule has 0 radical (unpaired) electrons. The summed E-state index contributed by atoms with van der Waals surface area (Å²) in [5, 5.41) is 3.13. The van der Waals surface area contributed by atoms with Gasteiger partial charge < -0.3 is 10.1 Å². The van der Waals surface area contributed by atoms with Crippen molar-refractivity contribution >= 4 is 5.91 Å². The fourth-order valence-corrected chi connectivity index (χ4v) is 2.95. The number of para-hydroxylation sites is 1. The van der Waals surface area contributed by atoms with Crippen molar-refractivity contribution in [2.75, 3.05) is 0 Å². The Morgan fingerprint density at radius 2 is 1.86 bits per heavy atom. The molecule has 1 amide bonds. The second kappa shape index (κ2) is 6.65. The molecule has 0 bridgehead atoms. The minimum Gasteiger partial charge on any atom is -0.481 e. The van der Waals surface area contributed by atoms with Gasteiger partial charge in [0.25, 0.3) is 5.91 Å². The van der Waals surface area contributed by atoms with Gasteiger partial charge in [-0.1, -0.05) is 42.5 Å². The average Bonchev–Trinajstić information content (AvgIpc) is 2.56. The first-order chi connectivity index (χ1) is 10.7. The summed E-state index contributed by atoms with van der Waals surface area (Å²) in [5.41, 5.74) is 2.59. The van der Waals surface area contributed by atoms with Gasteiger partial charge in [-0.15, -0.1) is 0 Å². The van der Waals surface area contributed by atoms with Gasteiger partial charge in [-0.25, -0.2) is 0 Å². The number of fused-ring (bicyclic) bond motifs is 1. The number of ether oxygens (including phenoxy) is 1. The summed E-state index contributed by atoms with van der Waals surface area (Å²) in [6.45, 7) is 1.79. The molecule has 0 aliphatic heterocycles. The van der Waals surface area contributed by atoms with Crippen molar-refractivity contribution in [1.82, 2.24) is 5.32 Å². The minimum atomic E-state index is -0.503. The van der Waals surface area contributed by atoms with Gasteiger partial charge in [-0.3, -0.25) is 4.79 Å². The molecule has 1 aliphatic rings. The lowest BCUT2D eigenvalue weighted by atomic mass is 9.87. The van der Waals surface area contributed by atoms with Gasteiger partial charge >= 0.3 is 0 Å². The first kappa shape index (κ1) is 14.6. The highest BCUT2D eigenvalue weighted by molar-refractivity contribution is 5.81. The zero-order chi connectivity index (χ0) is 15.4. The van der Waals surface area contributed by atoms with Crippen molar-refractivity contribution in [2.45, 2.75) is 38.3 Å². The van der Waals surface area contributed by atoms with Crippen LogP contribution in [0.5, 0.6) is 5.75 Å². The van der Waals surface area contributed by atoms with E-state index in [1.807, 2.05) is 36.4 Å². The van der Waals surface area contributed by atoms with Crippen molar-refractivity contribution in [2.24, 2.45) is 0 Å². The Morgan fingerprint density at radius 1 is 1.14 bits per heavy atom. The molecule has 0 aromatic heterocycles. The molecule has 2 atom stereocenters. The van der Waals surface area contributed by atoms with E-state index in [9.17, 15) is 4.79 Å². The number of amides is 1.